The Morgan fingerprint density at radius 2 is 1.02 bits per heavy atom. The average Bonchev–Trinajstić information content (AvgIpc) is 2.99. The lowest BCUT2D eigenvalue weighted by Crippen LogP contribution is -2.13. The van der Waals surface area contributed by atoms with Crippen LogP contribution in [0.15, 0.2) is 38.7 Å². The van der Waals surface area contributed by atoms with E-state index in [9.17, 15) is 0 Å². The molecule has 0 radical (unpaired) electrons. The second-order valence-corrected chi connectivity index (χ2v) is 15.2. The molecule has 4 rings (SSSR count). The van der Waals surface area contributed by atoms with Crippen molar-refractivity contribution < 1.29 is 12.9 Å². The van der Waals surface area contributed by atoms with Crippen LogP contribution in [0.3, 0.4) is 0 Å². The summed E-state index contributed by atoms with van der Waals surface area (Å²) < 4.78 is 20.9. The molecule has 0 aliphatic carbocycles. The number of rotatable bonds is 4. The lowest BCUT2D eigenvalue weighted by molar-refractivity contribution is 0.478. The van der Waals surface area contributed by atoms with Crippen molar-refractivity contribution in [1.29, 1.82) is 0 Å². The molecule has 0 aliphatic rings. The quantitative estimate of drug-likeness (QED) is 0.249. The fourth-order valence-electron chi connectivity index (χ4n) is 5.56. The Morgan fingerprint density at radius 3 is 1.35 bits per heavy atom. The summed E-state index contributed by atoms with van der Waals surface area (Å²) in [5.74, 6) is 1.51. The van der Waals surface area contributed by atoms with E-state index in [0.717, 1.165) is 27.7 Å². The molecule has 40 heavy (non-hydrogen) atoms. The molecule has 3 aromatic carbocycles. The molecular formula is C36H49O3P. The van der Waals surface area contributed by atoms with Gasteiger partial charge in [-0.05, 0) is 83.7 Å². The molecule has 4 aromatic rings. The van der Waals surface area contributed by atoms with Crippen LogP contribution in [0.1, 0.15) is 126 Å². The second-order valence-electron chi connectivity index (χ2n) is 14.2. The molecule has 0 aliphatic heterocycles. The van der Waals surface area contributed by atoms with Gasteiger partial charge in [0.05, 0.1) is 0 Å². The molecule has 1 aromatic heterocycles. The van der Waals surface area contributed by atoms with E-state index in [1.165, 1.54) is 44.5 Å². The van der Waals surface area contributed by atoms with Crippen molar-refractivity contribution in [3.05, 3.63) is 74.8 Å². The van der Waals surface area contributed by atoms with Crippen LogP contribution in [0, 0.1) is 27.7 Å². The minimum absolute atomic E-state index is 0.127. The molecule has 0 saturated heterocycles. The van der Waals surface area contributed by atoms with Crippen LogP contribution in [-0.4, -0.2) is 0 Å². The third-order valence-electron chi connectivity index (χ3n) is 8.28. The summed E-state index contributed by atoms with van der Waals surface area (Å²) in [5.41, 5.74) is 11.2. The van der Waals surface area contributed by atoms with Crippen LogP contribution in [0.4, 0.5) is 0 Å². The fourth-order valence-corrected chi connectivity index (χ4v) is 6.71. The molecule has 0 unspecified atom stereocenters. The number of fused-ring (bicyclic) bond motifs is 3. The van der Waals surface area contributed by atoms with E-state index in [0.29, 0.717) is 11.8 Å². The van der Waals surface area contributed by atoms with E-state index in [1.54, 1.807) is 0 Å². The van der Waals surface area contributed by atoms with Crippen LogP contribution in [0.5, 0.6) is 5.75 Å². The molecule has 3 nitrogen and oxygen atoms in total. The molecule has 0 saturated carbocycles. The molecule has 1 heterocycles. The zero-order chi connectivity index (χ0) is 29.9. The number of hydrogen-bond acceptors (Lipinski definition) is 3. The highest BCUT2D eigenvalue weighted by atomic mass is 31.1. The summed E-state index contributed by atoms with van der Waals surface area (Å²) in [6.45, 7) is 31.2. The molecule has 4 heteroatoms. The monoisotopic (exact) mass is 560 g/mol. The Hall–Kier alpha value is -2.64. The van der Waals surface area contributed by atoms with Crippen molar-refractivity contribution in [2.24, 2.45) is 0 Å². The Labute approximate surface area is 243 Å². The minimum Gasteiger partial charge on any atom is -0.390 e. The Balaban J connectivity index is 2.30. The third-order valence-corrected chi connectivity index (χ3v) is 9.28. The molecule has 0 fully saturated rings. The zero-order valence-corrected chi connectivity index (χ0v) is 28.1. The van der Waals surface area contributed by atoms with Gasteiger partial charge >= 0.3 is 8.24 Å². The van der Waals surface area contributed by atoms with Gasteiger partial charge < -0.3 is 12.9 Å². The first-order chi connectivity index (χ1) is 18.4. The first-order valence-electron chi connectivity index (χ1n) is 14.7. The smallest absolute Gasteiger partial charge is 0.390 e. The number of para-hydroxylation sites is 1. The second kappa shape index (κ2) is 10.6. The van der Waals surface area contributed by atoms with Crippen molar-refractivity contribution in [1.82, 2.24) is 0 Å². The van der Waals surface area contributed by atoms with Gasteiger partial charge in [0.15, 0.2) is 0 Å². The van der Waals surface area contributed by atoms with E-state index >= 15 is 0 Å². The lowest BCUT2D eigenvalue weighted by Gasteiger charge is -2.23. The van der Waals surface area contributed by atoms with E-state index in [1.807, 2.05) is 0 Å². The van der Waals surface area contributed by atoms with E-state index in [2.05, 4.69) is 127 Å². The molecular weight excluding hydrogens is 511 g/mol. The Bertz CT molecular complexity index is 1510. The first kappa shape index (κ1) is 30.3. The standard InChI is InChI=1S/C36H49O3P/c1-20(2)26-16-15-17-27(21(3)4)32(26)37-40-38-33-28(35(9,10)11)18-22(5)24(7)30(33)31-25(8)23(6)19-29(34(31)39-40)36(12,13)14/h15-21H,1-14H3. The van der Waals surface area contributed by atoms with Gasteiger partial charge in [-0.15, -0.1) is 0 Å². The van der Waals surface area contributed by atoms with Gasteiger partial charge in [-0.1, -0.05) is 99.6 Å². The third kappa shape index (κ3) is 5.47. The van der Waals surface area contributed by atoms with Crippen LogP contribution in [0.25, 0.3) is 21.9 Å². The average molecular weight is 561 g/mol. The number of benzene rings is 3. The topological polar surface area (TPSA) is 35.5 Å². The predicted molar refractivity (Wildman–Crippen MR) is 173 cm³/mol. The lowest BCUT2D eigenvalue weighted by atomic mass is 9.81. The highest BCUT2D eigenvalue weighted by Gasteiger charge is 2.28. The van der Waals surface area contributed by atoms with Crippen LogP contribution in [0.2, 0.25) is 0 Å². The first-order valence-corrected chi connectivity index (χ1v) is 15.8. The van der Waals surface area contributed by atoms with Gasteiger partial charge in [0.25, 0.3) is 0 Å². The van der Waals surface area contributed by atoms with Gasteiger partial charge in [-0.3, -0.25) is 0 Å². The van der Waals surface area contributed by atoms with Gasteiger partial charge in [-0.2, -0.15) is 0 Å². The molecule has 0 N–H and O–H groups in total. The van der Waals surface area contributed by atoms with E-state index in [-0.39, 0.29) is 10.8 Å². The normalized spacial score (nSPS) is 12.7. The maximum atomic E-state index is 6.99. The number of hydrogen-bond donors (Lipinski definition) is 0. The molecule has 0 spiro atoms. The summed E-state index contributed by atoms with van der Waals surface area (Å²) in [4.78, 5) is 0. The van der Waals surface area contributed by atoms with Crippen molar-refractivity contribution in [3.8, 4) is 5.75 Å². The largest absolute Gasteiger partial charge is 0.453 e. The number of aryl methyl sites for hydroxylation is 4. The van der Waals surface area contributed by atoms with Crippen LogP contribution < -0.4 is 4.52 Å². The summed E-state index contributed by atoms with van der Waals surface area (Å²) in [6, 6.07) is 11.1. The highest BCUT2D eigenvalue weighted by molar-refractivity contribution is 7.32. The van der Waals surface area contributed by atoms with Crippen molar-refractivity contribution in [2.45, 2.75) is 120 Å². The van der Waals surface area contributed by atoms with Crippen LogP contribution >= 0.6 is 8.24 Å². The maximum Gasteiger partial charge on any atom is 0.453 e. The fraction of sp³-hybridized carbons (Fsp3) is 0.500. The molecule has 0 bridgehead atoms. The molecule has 0 atom stereocenters. The molecule has 216 valence electrons. The maximum absolute atomic E-state index is 6.99. The van der Waals surface area contributed by atoms with Gasteiger partial charge in [0, 0.05) is 21.9 Å². The van der Waals surface area contributed by atoms with E-state index < -0.39 is 8.24 Å². The SMILES string of the molecule is Cc1cc(C(C)(C)C)c2op(Oc3c(C(C)C)cccc3C(C)C)oc3c(C(C)(C)C)cc(C)c(C)c3c2c1C. The summed E-state index contributed by atoms with van der Waals surface area (Å²) >= 11 is 0. The van der Waals surface area contributed by atoms with E-state index in [4.69, 9.17) is 12.9 Å². The summed E-state index contributed by atoms with van der Waals surface area (Å²) in [7, 11) is -1.80. The Morgan fingerprint density at radius 1 is 0.650 bits per heavy atom. The van der Waals surface area contributed by atoms with Gasteiger partial charge in [0.2, 0.25) is 0 Å². The molecule has 0 amide bonds. The summed E-state index contributed by atoms with van der Waals surface area (Å²) in [5, 5.41) is 2.28. The van der Waals surface area contributed by atoms with Crippen molar-refractivity contribution in [2.75, 3.05) is 0 Å². The van der Waals surface area contributed by atoms with Gasteiger partial charge in [-0.25, -0.2) is 0 Å². The highest BCUT2D eigenvalue weighted by Crippen LogP contribution is 2.48. The van der Waals surface area contributed by atoms with Gasteiger partial charge in [0.1, 0.15) is 16.9 Å². The predicted octanol–water partition coefficient (Wildman–Crippen LogP) is 12.2. The Kier molecular flexibility index (Phi) is 8.07. The van der Waals surface area contributed by atoms with Crippen LogP contribution in [-0.2, 0) is 10.8 Å². The zero-order valence-electron chi connectivity index (χ0n) is 27.2. The minimum atomic E-state index is -1.80. The summed E-state index contributed by atoms with van der Waals surface area (Å²) in [6.07, 6.45) is 0. The van der Waals surface area contributed by atoms with Crippen molar-refractivity contribution in [3.63, 3.8) is 0 Å². The van der Waals surface area contributed by atoms with Crippen molar-refractivity contribution >= 4 is 30.2 Å².